The van der Waals surface area contributed by atoms with Crippen molar-refractivity contribution in [3.05, 3.63) is 53.3 Å². The van der Waals surface area contributed by atoms with Gasteiger partial charge in [-0.15, -0.1) is 0 Å². The van der Waals surface area contributed by atoms with E-state index in [2.05, 4.69) is 4.72 Å². The molecule has 0 aliphatic carbocycles. The number of hydrogen-bond donors (Lipinski definition) is 1. The zero-order valence-electron chi connectivity index (χ0n) is 14.0. The zero-order chi connectivity index (χ0) is 18.2. The van der Waals surface area contributed by atoms with Gasteiger partial charge in [-0.3, -0.25) is 9.52 Å². The van der Waals surface area contributed by atoms with Crippen molar-refractivity contribution in [1.29, 1.82) is 0 Å². The number of carbonyl (C=O) groups is 1. The second-order valence-electron chi connectivity index (χ2n) is 6.17. The van der Waals surface area contributed by atoms with Crippen LogP contribution >= 0.6 is 0 Å². The second kappa shape index (κ2) is 6.48. The number of benzene rings is 2. The fourth-order valence-corrected chi connectivity index (χ4v) is 4.06. The van der Waals surface area contributed by atoms with Gasteiger partial charge in [0.2, 0.25) is 5.91 Å². The summed E-state index contributed by atoms with van der Waals surface area (Å²) in [5, 5.41) is 0. The number of sulfonamides is 1. The molecule has 132 valence electrons. The molecular weight excluding hydrogens is 343 g/mol. The number of nitrogens with zero attached hydrogens (tertiary/aromatic N) is 1. The molecule has 5 nitrogen and oxygen atoms in total. The molecule has 1 fully saturated rings. The molecule has 1 heterocycles. The molecule has 1 N–H and O–H groups in total. The summed E-state index contributed by atoms with van der Waals surface area (Å²) in [5.41, 5.74) is 2.27. The predicted molar refractivity (Wildman–Crippen MR) is 94.7 cm³/mol. The quantitative estimate of drug-likeness (QED) is 0.907. The number of hydrogen-bond acceptors (Lipinski definition) is 3. The van der Waals surface area contributed by atoms with Crippen LogP contribution in [0.2, 0.25) is 0 Å². The van der Waals surface area contributed by atoms with E-state index in [0.29, 0.717) is 18.7 Å². The summed E-state index contributed by atoms with van der Waals surface area (Å²) in [4.78, 5) is 13.6. The third-order valence-electron chi connectivity index (χ3n) is 4.25. The van der Waals surface area contributed by atoms with Gasteiger partial charge >= 0.3 is 0 Å². The van der Waals surface area contributed by atoms with E-state index in [1.807, 2.05) is 6.92 Å². The van der Waals surface area contributed by atoms with E-state index in [1.165, 1.54) is 19.1 Å². The first-order chi connectivity index (χ1) is 11.8. The molecule has 0 unspecified atom stereocenters. The van der Waals surface area contributed by atoms with Crippen LogP contribution in [0.5, 0.6) is 0 Å². The van der Waals surface area contributed by atoms with Crippen molar-refractivity contribution in [2.45, 2.75) is 31.6 Å². The molecule has 0 bridgehead atoms. The lowest BCUT2D eigenvalue weighted by molar-refractivity contribution is -0.117. The van der Waals surface area contributed by atoms with Crippen LogP contribution in [0.1, 0.15) is 24.0 Å². The van der Waals surface area contributed by atoms with E-state index in [1.54, 1.807) is 23.1 Å². The Bertz CT molecular complexity index is 941. The maximum absolute atomic E-state index is 13.3. The Morgan fingerprint density at radius 3 is 2.44 bits per heavy atom. The lowest BCUT2D eigenvalue weighted by atomic mass is 10.1. The van der Waals surface area contributed by atoms with Crippen LogP contribution in [0.25, 0.3) is 0 Å². The van der Waals surface area contributed by atoms with E-state index in [9.17, 15) is 17.6 Å². The number of carbonyl (C=O) groups excluding carboxylic acids is 1. The standard InChI is InChI=1S/C18H19FN2O3S/c1-12-11-15(6-7-16(12)19)25(23,24)20-14-5-8-17(13(2)10-14)21-9-3-4-18(21)22/h5-8,10-11,20H,3-4,9H2,1-2H3. The van der Waals surface area contributed by atoms with Gasteiger partial charge in [0.15, 0.2) is 0 Å². The number of anilines is 2. The Balaban J connectivity index is 1.86. The average molecular weight is 362 g/mol. The fraction of sp³-hybridized carbons (Fsp3) is 0.278. The van der Waals surface area contributed by atoms with Gasteiger partial charge in [0, 0.05) is 24.3 Å². The van der Waals surface area contributed by atoms with Crippen LogP contribution < -0.4 is 9.62 Å². The van der Waals surface area contributed by atoms with E-state index < -0.39 is 15.8 Å². The van der Waals surface area contributed by atoms with Gasteiger partial charge in [-0.25, -0.2) is 12.8 Å². The highest BCUT2D eigenvalue weighted by atomic mass is 32.2. The lowest BCUT2D eigenvalue weighted by Crippen LogP contribution is -2.24. The van der Waals surface area contributed by atoms with Crippen LogP contribution in [-0.4, -0.2) is 20.9 Å². The summed E-state index contributed by atoms with van der Waals surface area (Å²) in [6.07, 6.45) is 1.37. The molecule has 0 saturated carbocycles. The molecule has 1 aliphatic heterocycles. The minimum Gasteiger partial charge on any atom is -0.312 e. The summed E-state index contributed by atoms with van der Waals surface area (Å²) in [6, 6.07) is 8.72. The van der Waals surface area contributed by atoms with Crippen molar-refractivity contribution in [3.8, 4) is 0 Å². The van der Waals surface area contributed by atoms with Crippen molar-refractivity contribution in [3.63, 3.8) is 0 Å². The molecular formula is C18H19FN2O3S. The first-order valence-corrected chi connectivity index (χ1v) is 9.46. The maximum Gasteiger partial charge on any atom is 0.261 e. The molecule has 7 heteroatoms. The fourth-order valence-electron chi connectivity index (χ4n) is 2.92. The number of aryl methyl sites for hydroxylation is 2. The molecule has 0 spiro atoms. The van der Waals surface area contributed by atoms with Crippen molar-refractivity contribution in [2.24, 2.45) is 0 Å². The normalized spacial score (nSPS) is 14.8. The predicted octanol–water partition coefficient (Wildman–Crippen LogP) is 3.37. The summed E-state index contributed by atoms with van der Waals surface area (Å²) in [7, 11) is -3.81. The van der Waals surface area contributed by atoms with Crippen molar-refractivity contribution in [1.82, 2.24) is 0 Å². The lowest BCUT2D eigenvalue weighted by Gasteiger charge is -2.19. The van der Waals surface area contributed by atoms with Gasteiger partial charge in [0.1, 0.15) is 5.82 Å². The number of amides is 1. The third kappa shape index (κ3) is 3.51. The van der Waals surface area contributed by atoms with Crippen LogP contribution in [0.15, 0.2) is 41.3 Å². The smallest absolute Gasteiger partial charge is 0.261 e. The SMILES string of the molecule is Cc1cc(S(=O)(=O)Nc2ccc(N3CCCC3=O)c(C)c2)ccc1F. The summed E-state index contributed by atoms with van der Waals surface area (Å²) in [6.45, 7) is 4.03. The van der Waals surface area contributed by atoms with Crippen LogP contribution in [0.4, 0.5) is 15.8 Å². The first-order valence-electron chi connectivity index (χ1n) is 7.98. The summed E-state index contributed by atoms with van der Waals surface area (Å²) >= 11 is 0. The third-order valence-corrected chi connectivity index (χ3v) is 5.63. The molecule has 0 atom stereocenters. The highest BCUT2D eigenvalue weighted by Crippen LogP contribution is 2.28. The number of nitrogens with one attached hydrogen (secondary N) is 1. The number of rotatable bonds is 4. The van der Waals surface area contributed by atoms with Crippen molar-refractivity contribution in [2.75, 3.05) is 16.2 Å². The monoisotopic (exact) mass is 362 g/mol. The number of halogens is 1. The van der Waals surface area contributed by atoms with E-state index in [4.69, 9.17) is 0 Å². The molecule has 1 amide bonds. The Kier molecular flexibility index (Phi) is 4.51. The molecule has 1 saturated heterocycles. The second-order valence-corrected chi connectivity index (χ2v) is 7.85. The van der Waals surface area contributed by atoms with Gasteiger partial charge in [0.05, 0.1) is 4.90 Å². The highest BCUT2D eigenvalue weighted by Gasteiger charge is 2.23. The minimum atomic E-state index is -3.81. The Morgan fingerprint density at radius 1 is 1.08 bits per heavy atom. The van der Waals surface area contributed by atoms with Crippen molar-refractivity contribution >= 4 is 27.3 Å². The molecule has 3 rings (SSSR count). The minimum absolute atomic E-state index is 0.00264. The zero-order valence-corrected chi connectivity index (χ0v) is 14.9. The Labute approximate surface area is 146 Å². The molecule has 0 aromatic heterocycles. The maximum atomic E-state index is 13.3. The summed E-state index contributed by atoms with van der Waals surface area (Å²) in [5.74, 6) is -0.368. The molecule has 2 aromatic carbocycles. The van der Waals surface area contributed by atoms with Crippen molar-refractivity contribution < 1.29 is 17.6 Å². The van der Waals surface area contributed by atoms with Gasteiger partial charge < -0.3 is 4.90 Å². The summed E-state index contributed by atoms with van der Waals surface area (Å²) < 4.78 is 40.8. The van der Waals surface area contributed by atoms with Crippen LogP contribution in [-0.2, 0) is 14.8 Å². The van der Waals surface area contributed by atoms with E-state index in [-0.39, 0.29) is 16.4 Å². The molecule has 1 aliphatic rings. The Hall–Kier alpha value is -2.41. The largest absolute Gasteiger partial charge is 0.312 e. The molecule has 2 aromatic rings. The van der Waals surface area contributed by atoms with Gasteiger partial charge in [-0.1, -0.05) is 0 Å². The first kappa shape index (κ1) is 17.4. The van der Waals surface area contributed by atoms with Gasteiger partial charge in [-0.05, 0) is 67.8 Å². The average Bonchev–Trinajstić information content (AvgIpc) is 2.95. The highest BCUT2D eigenvalue weighted by molar-refractivity contribution is 7.92. The Morgan fingerprint density at radius 2 is 1.84 bits per heavy atom. The molecule has 0 radical (unpaired) electrons. The van der Waals surface area contributed by atoms with Crippen LogP contribution in [0.3, 0.4) is 0 Å². The molecule has 25 heavy (non-hydrogen) atoms. The van der Waals surface area contributed by atoms with Gasteiger partial charge in [-0.2, -0.15) is 0 Å². The van der Waals surface area contributed by atoms with E-state index >= 15 is 0 Å². The van der Waals surface area contributed by atoms with E-state index in [0.717, 1.165) is 23.7 Å². The van der Waals surface area contributed by atoms with Crippen LogP contribution in [0, 0.1) is 19.7 Å². The topological polar surface area (TPSA) is 66.5 Å². The van der Waals surface area contributed by atoms with Gasteiger partial charge in [0.25, 0.3) is 10.0 Å².